The maximum atomic E-state index is 12.7. The van der Waals surface area contributed by atoms with Crippen LogP contribution >= 0.6 is 0 Å². The maximum Gasteiger partial charge on any atom is 0.309 e. The van der Waals surface area contributed by atoms with E-state index in [-0.39, 0.29) is 75.0 Å². The van der Waals surface area contributed by atoms with Gasteiger partial charge in [-0.3, -0.25) is 19.2 Å². The van der Waals surface area contributed by atoms with E-state index in [0.717, 1.165) is 116 Å². The minimum absolute atomic E-state index is 0.0183. The number of unbranched alkanes of at least 4 members (excludes halogenated alkanes) is 1. The number of hydrogen-bond donors (Lipinski definition) is 0. The van der Waals surface area contributed by atoms with E-state index in [0.29, 0.717) is 25.9 Å². The summed E-state index contributed by atoms with van der Waals surface area (Å²) in [5.41, 5.74) is 8.41. The standard InChI is InChI=1S/C54H88N2O8/c1-9-10-34-55(8)35-15-36-56(37-32-51(57)61-39-41-63-53(59)49-28-24-47(25-29-49)22-13-20-45(6)18-11-16-43(2)3)38-33-52(58)62-40-42-64-54(60)50-30-26-48(27-31-50)23-14-21-46(7)19-12-17-44(4)5/h16-17,20-21,24,26,49-50H,9-15,18-19,22-23,25,27-42H2,1-8H3/b45-20+,46-21+. The highest BCUT2D eigenvalue weighted by Gasteiger charge is 2.24. The summed E-state index contributed by atoms with van der Waals surface area (Å²) in [4.78, 5) is 55.2. The van der Waals surface area contributed by atoms with Gasteiger partial charge in [0.25, 0.3) is 0 Å². The molecule has 64 heavy (non-hydrogen) atoms. The summed E-state index contributed by atoms with van der Waals surface area (Å²) in [7, 11) is 2.11. The number of allylic oxidation sites excluding steroid dienone is 12. The van der Waals surface area contributed by atoms with Crippen molar-refractivity contribution in [1.82, 2.24) is 9.80 Å². The van der Waals surface area contributed by atoms with Crippen LogP contribution in [0.15, 0.2) is 69.9 Å². The highest BCUT2D eigenvalue weighted by Crippen LogP contribution is 2.29. The Kier molecular flexibility index (Phi) is 30.4. The van der Waals surface area contributed by atoms with Crippen molar-refractivity contribution in [1.29, 1.82) is 0 Å². The van der Waals surface area contributed by atoms with Crippen molar-refractivity contribution in [2.75, 3.05) is 66.2 Å². The monoisotopic (exact) mass is 893 g/mol. The SMILES string of the molecule is CCCCN(C)CCCN(CCC(=O)OCCOC(=O)C1CC=C(CC/C=C(\C)CCC=C(C)C)CC1)CCC(=O)OCCOC(=O)C1CC=C(CC/C=C(\C)CCC=C(C)C)CC1. The molecule has 0 aromatic heterocycles. The molecule has 0 fully saturated rings. The number of carbonyl (C=O) groups is 4. The molecule has 0 radical (unpaired) electrons. The summed E-state index contributed by atoms with van der Waals surface area (Å²) in [6, 6.07) is 0. The molecule has 0 aromatic carbocycles. The molecule has 0 aliphatic heterocycles. The Morgan fingerprint density at radius 2 is 1.00 bits per heavy atom. The second kappa shape index (κ2) is 34.6. The fraction of sp³-hybridized carbons (Fsp3) is 0.704. The minimum Gasteiger partial charge on any atom is -0.462 e. The van der Waals surface area contributed by atoms with Crippen LogP contribution in [0.3, 0.4) is 0 Å². The van der Waals surface area contributed by atoms with Gasteiger partial charge in [-0.1, -0.05) is 83.2 Å². The number of carbonyl (C=O) groups excluding carboxylic acids is 4. The second-order valence-corrected chi connectivity index (χ2v) is 18.6. The molecule has 2 aliphatic rings. The Balaban J connectivity index is 1.67. The molecule has 0 saturated heterocycles. The van der Waals surface area contributed by atoms with Crippen LogP contribution in [0.4, 0.5) is 0 Å². The van der Waals surface area contributed by atoms with Gasteiger partial charge < -0.3 is 28.7 Å². The lowest BCUT2D eigenvalue weighted by Crippen LogP contribution is -2.33. The Morgan fingerprint density at radius 3 is 1.41 bits per heavy atom. The van der Waals surface area contributed by atoms with Crippen molar-refractivity contribution in [2.24, 2.45) is 11.8 Å². The van der Waals surface area contributed by atoms with Gasteiger partial charge >= 0.3 is 23.9 Å². The molecule has 10 heteroatoms. The third-order valence-corrected chi connectivity index (χ3v) is 12.1. The third-order valence-electron chi connectivity index (χ3n) is 12.1. The zero-order chi connectivity index (χ0) is 47.0. The lowest BCUT2D eigenvalue weighted by molar-refractivity contribution is -0.155. The highest BCUT2D eigenvalue weighted by atomic mass is 16.6. The van der Waals surface area contributed by atoms with E-state index in [9.17, 15) is 19.2 Å². The smallest absolute Gasteiger partial charge is 0.309 e. The molecule has 362 valence electrons. The summed E-state index contributed by atoms with van der Waals surface area (Å²) in [5.74, 6) is -1.49. The van der Waals surface area contributed by atoms with Crippen LogP contribution in [-0.2, 0) is 38.1 Å². The molecule has 2 aliphatic carbocycles. The van der Waals surface area contributed by atoms with Crippen LogP contribution in [0.2, 0.25) is 0 Å². The topological polar surface area (TPSA) is 112 Å². The predicted octanol–water partition coefficient (Wildman–Crippen LogP) is 11.8. The quantitative estimate of drug-likeness (QED) is 0.0273. The van der Waals surface area contributed by atoms with E-state index in [1.54, 1.807) is 0 Å². The van der Waals surface area contributed by atoms with Crippen molar-refractivity contribution < 1.29 is 38.1 Å². The van der Waals surface area contributed by atoms with Gasteiger partial charge in [-0.15, -0.1) is 0 Å². The third kappa shape index (κ3) is 28.2. The first-order valence-corrected chi connectivity index (χ1v) is 24.7. The van der Waals surface area contributed by atoms with Crippen LogP contribution in [0.5, 0.6) is 0 Å². The summed E-state index contributed by atoms with van der Waals surface area (Å²) in [6.45, 7) is 18.8. The lowest BCUT2D eigenvalue weighted by Gasteiger charge is -2.23. The Bertz CT molecular complexity index is 1470. The van der Waals surface area contributed by atoms with Gasteiger partial charge in [0.15, 0.2) is 0 Å². The van der Waals surface area contributed by atoms with Crippen LogP contribution in [0, 0.1) is 11.8 Å². The molecule has 0 amide bonds. The van der Waals surface area contributed by atoms with E-state index in [1.807, 2.05) is 0 Å². The molecule has 2 atom stereocenters. The maximum absolute atomic E-state index is 12.7. The van der Waals surface area contributed by atoms with E-state index in [1.165, 1.54) is 33.4 Å². The minimum atomic E-state index is -0.366. The molecular formula is C54H88N2O8. The average Bonchev–Trinajstić information content (AvgIpc) is 3.26. The molecule has 0 bridgehead atoms. The normalized spacial score (nSPS) is 16.8. The summed E-state index contributed by atoms with van der Waals surface area (Å²) >= 11 is 0. The summed E-state index contributed by atoms with van der Waals surface area (Å²) in [5, 5.41) is 0. The van der Waals surface area contributed by atoms with Gasteiger partial charge in [0.05, 0.1) is 24.7 Å². The van der Waals surface area contributed by atoms with Gasteiger partial charge in [-0.25, -0.2) is 0 Å². The van der Waals surface area contributed by atoms with Crippen LogP contribution in [0.25, 0.3) is 0 Å². The molecule has 10 nitrogen and oxygen atoms in total. The van der Waals surface area contributed by atoms with Crippen LogP contribution < -0.4 is 0 Å². The van der Waals surface area contributed by atoms with E-state index >= 15 is 0 Å². The lowest BCUT2D eigenvalue weighted by atomic mass is 9.87. The Morgan fingerprint density at radius 1 is 0.562 bits per heavy atom. The van der Waals surface area contributed by atoms with Crippen LogP contribution in [-0.4, -0.2) is 99.9 Å². The molecule has 0 spiro atoms. The second-order valence-electron chi connectivity index (χ2n) is 18.6. The van der Waals surface area contributed by atoms with E-state index in [2.05, 4.69) is 102 Å². The molecule has 0 N–H and O–H groups in total. The molecule has 0 aromatic rings. The molecule has 0 heterocycles. The summed E-state index contributed by atoms with van der Waals surface area (Å²) < 4.78 is 21.8. The highest BCUT2D eigenvalue weighted by molar-refractivity contribution is 5.73. The Hall–Kier alpha value is -3.76. The van der Waals surface area contributed by atoms with Gasteiger partial charge in [0.2, 0.25) is 0 Å². The first-order chi connectivity index (χ1) is 30.7. The predicted molar refractivity (Wildman–Crippen MR) is 261 cm³/mol. The number of ether oxygens (including phenoxy) is 4. The van der Waals surface area contributed by atoms with Gasteiger partial charge in [0, 0.05) is 13.1 Å². The number of nitrogens with zero attached hydrogens (tertiary/aromatic N) is 2. The fourth-order valence-corrected chi connectivity index (χ4v) is 7.96. The number of esters is 4. The zero-order valence-electron chi connectivity index (χ0n) is 41.6. The molecular weight excluding hydrogens is 805 g/mol. The van der Waals surface area contributed by atoms with Crippen molar-refractivity contribution in [3.63, 3.8) is 0 Å². The number of hydrogen-bond acceptors (Lipinski definition) is 10. The van der Waals surface area contributed by atoms with Crippen molar-refractivity contribution in [3.05, 3.63) is 69.9 Å². The van der Waals surface area contributed by atoms with Crippen molar-refractivity contribution >= 4 is 23.9 Å². The molecule has 2 unspecified atom stereocenters. The summed E-state index contributed by atoms with van der Waals surface area (Å²) in [6.07, 6.45) is 30.4. The van der Waals surface area contributed by atoms with E-state index in [4.69, 9.17) is 18.9 Å². The van der Waals surface area contributed by atoms with Crippen molar-refractivity contribution in [3.8, 4) is 0 Å². The van der Waals surface area contributed by atoms with Gasteiger partial charge in [-0.05, 0) is 171 Å². The average molecular weight is 893 g/mol. The zero-order valence-corrected chi connectivity index (χ0v) is 41.6. The fourth-order valence-electron chi connectivity index (χ4n) is 7.96. The van der Waals surface area contributed by atoms with Crippen LogP contribution in [0.1, 0.15) is 170 Å². The van der Waals surface area contributed by atoms with E-state index < -0.39 is 0 Å². The van der Waals surface area contributed by atoms with Crippen molar-refractivity contribution in [2.45, 2.75) is 170 Å². The molecule has 0 saturated carbocycles. The number of rotatable bonds is 33. The Labute approximate surface area is 389 Å². The largest absolute Gasteiger partial charge is 0.462 e. The molecule has 2 rings (SSSR count). The first-order valence-electron chi connectivity index (χ1n) is 24.7. The van der Waals surface area contributed by atoms with Gasteiger partial charge in [0.1, 0.15) is 26.4 Å². The first kappa shape index (κ1) is 56.4. The van der Waals surface area contributed by atoms with Gasteiger partial charge in [-0.2, -0.15) is 0 Å².